The highest BCUT2D eigenvalue weighted by Gasteiger charge is 2.61. The minimum atomic E-state index is -3.44. The maximum Gasteiger partial charge on any atom is 0.247 e. The average Bonchev–Trinajstić information content (AvgIpc) is 3.21. The molecule has 0 spiro atoms. The van der Waals surface area contributed by atoms with Gasteiger partial charge in [-0.05, 0) is 116 Å². The minimum Gasteiger partial charge on any atom is -0.227 e. The van der Waals surface area contributed by atoms with Crippen molar-refractivity contribution in [1.29, 1.82) is 0 Å². The molecule has 0 aromatic carbocycles. The van der Waals surface area contributed by atoms with E-state index in [1.807, 2.05) is 0 Å². The second-order valence-electron chi connectivity index (χ2n) is 14.2. The standard InChI is InChI=1S/C31H50N2O2S/c1-21(2)8-6-9-22(3)26-12-13-27-25-11-10-23-20-24(36(34,35)29-32-18-7-19-33-29)14-16-30(23,4)28(25)15-17-31(26,27)5/h7,18-19,21-28H,6,8-17,20H2,1-5H3/t22-,23+,24-,25+,26-,27+,28?,30+,31-/m1/s1. The van der Waals surface area contributed by atoms with Gasteiger partial charge in [0.15, 0.2) is 0 Å². The van der Waals surface area contributed by atoms with Crippen molar-refractivity contribution < 1.29 is 8.42 Å². The van der Waals surface area contributed by atoms with Crippen molar-refractivity contribution >= 4 is 9.84 Å². The lowest BCUT2D eigenvalue weighted by molar-refractivity contribution is -0.113. The zero-order chi connectivity index (χ0) is 25.7. The molecule has 9 atom stereocenters. The first kappa shape index (κ1) is 26.6. The Bertz CT molecular complexity index is 1010. The van der Waals surface area contributed by atoms with Crippen molar-refractivity contribution in [3.8, 4) is 0 Å². The van der Waals surface area contributed by atoms with Crippen LogP contribution < -0.4 is 0 Å². The fourth-order valence-electron chi connectivity index (χ4n) is 10.1. The normalized spacial score (nSPS) is 41.4. The Morgan fingerprint density at radius 3 is 2.31 bits per heavy atom. The summed E-state index contributed by atoms with van der Waals surface area (Å²) in [5, 5.41) is -0.286. The van der Waals surface area contributed by atoms with E-state index in [1.165, 1.54) is 57.8 Å². The third kappa shape index (κ3) is 4.47. The Kier molecular flexibility index (Phi) is 7.37. The number of fused-ring (bicyclic) bond motifs is 5. The van der Waals surface area contributed by atoms with Crippen LogP contribution in [0.1, 0.15) is 112 Å². The Morgan fingerprint density at radius 2 is 1.58 bits per heavy atom. The van der Waals surface area contributed by atoms with Gasteiger partial charge in [0.1, 0.15) is 0 Å². The maximum atomic E-state index is 13.3. The van der Waals surface area contributed by atoms with E-state index in [4.69, 9.17) is 0 Å². The molecule has 36 heavy (non-hydrogen) atoms. The predicted octanol–water partition coefficient (Wildman–Crippen LogP) is 7.74. The highest BCUT2D eigenvalue weighted by atomic mass is 32.2. The van der Waals surface area contributed by atoms with E-state index >= 15 is 0 Å². The van der Waals surface area contributed by atoms with Crippen molar-refractivity contribution in [2.75, 3.05) is 0 Å². The summed E-state index contributed by atoms with van der Waals surface area (Å²) < 4.78 is 26.7. The molecule has 1 unspecified atom stereocenters. The van der Waals surface area contributed by atoms with Crippen LogP contribution in [0, 0.1) is 52.3 Å². The van der Waals surface area contributed by atoms with E-state index in [0.717, 1.165) is 54.8 Å². The Balaban J connectivity index is 1.28. The van der Waals surface area contributed by atoms with Gasteiger partial charge in [-0.15, -0.1) is 0 Å². The molecule has 202 valence electrons. The van der Waals surface area contributed by atoms with Crippen LogP contribution in [0.4, 0.5) is 0 Å². The number of nitrogens with zero attached hydrogens (tertiary/aromatic N) is 2. The fraction of sp³-hybridized carbons (Fsp3) is 0.871. The first-order valence-electron chi connectivity index (χ1n) is 15.1. The molecule has 0 bridgehead atoms. The quantitative estimate of drug-likeness (QED) is 0.349. The third-order valence-electron chi connectivity index (χ3n) is 12.1. The zero-order valence-corrected chi connectivity index (χ0v) is 24.3. The molecular formula is C31H50N2O2S. The molecule has 4 aliphatic carbocycles. The van der Waals surface area contributed by atoms with Gasteiger partial charge in [0.05, 0.1) is 5.25 Å². The molecule has 0 amide bonds. The first-order chi connectivity index (χ1) is 17.1. The molecule has 1 aromatic rings. The summed E-state index contributed by atoms with van der Waals surface area (Å²) in [7, 11) is -3.44. The lowest BCUT2D eigenvalue weighted by atomic mass is 9.44. The molecule has 4 fully saturated rings. The second-order valence-corrected chi connectivity index (χ2v) is 16.3. The number of hydrogen-bond donors (Lipinski definition) is 0. The van der Waals surface area contributed by atoms with Crippen LogP contribution in [0.15, 0.2) is 23.6 Å². The van der Waals surface area contributed by atoms with Crippen molar-refractivity contribution in [2.45, 2.75) is 122 Å². The van der Waals surface area contributed by atoms with Crippen molar-refractivity contribution in [2.24, 2.45) is 52.3 Å². The zero-order valence-electron chi connectivity index (χ0n) is 23.5. The van der Waals surface area contributed by atoms with E-state index in [2.05, 4.69) is 44.6 Å². The molecule has 0 aliphatic heterocycles. The number of rotatable bonds is 7. The highest BCUT2D eigenvalue weighted by Crippen LogP contribution is 2.68. The van der Waals surface area contributed by atoms with Crippen LogP contribution in [0.5, 0.6) is 0 Å². The molecular weight excluding hydrogens is 464 g/mol. The van der Waals surface area contributed by atoms with E-state index < -0.39 is 9.84 Å². The van der Waals surface area contributed by atoms with Gasteiger partial charge in [-0.25, -0.2) is 18.4 Å². The number of hydrogen-bond acceptors (Lipinski definition) is 4. The molecule has 5 rings (SSSR count). The predicted molar refractivity (Wildman–Crippen MR) is 146 cm³/mol. The number of aromatic nitrogens is 2. The van der Waals surface area contributed by atoms with Gasteiger partial charge in [-0.2, -0.15) is 0 Å². The Labute approximate surface area is 220 Å². The topological polar surface area (TPSA) is 59.9 Å². The van der Waals surface area contributed by atoms with E-state index in [0.29, 0.717) is 16.7 Å². The molecule has 4 nitrogen and oxygen atoms in total. The molecule has 4 saturated carbocycles. The van der Waals surface area contributed by atoms with Gasteiger partial charge in [-0.1, -0.05) is 53.9 Å². The molecule has 1 heterocycles. The van der Waals surface area contributed by atoms with Gasteiger partial charge >= 0.3 is 0 Å². The summed E-state index contributed by atoms with van der Waals surface area (Å²) in [5.74, 6) is 5.60. The summed E-state index contributed by atoms with van der Waals surface area (Å²) >= 11 is 0. The average molecular weight is 515 g/mol. The van der Waals surface area contributed by atoms with Gasteiger partial charge in [0, 0.05) is 12.4 Å². The lowest BCUT2D eigenvalue weighted by Crippen LogP contribution is -2.54. The summed E-state index contributed by atoms with van der Waals surface area (Å²) in [6, 6.07) is 1.69. The second kappa shape index (κ2) is 9.97. The lowest BCUT2D eigenvalue weighted by Gasteiger charge is -2.61. The minimum absolute atomic E-state index is 0.0280. The Morgan fingerprint density at radius 1 is 0.889 bits per heavy atom. The summed E-state index contributed by atoms with van der Waals surface area (Å²) in [6.45, 7) is 12.5. The van der Waals surface area contributed by atoms with E-state index in [-0.39, 0.29) is 10.4 Å². The van der Waals surface area contributed by atoms with Gasteiger partial charge in [-0.3, -0.25) is 0 Å². The Hall–Kier alpha value is -0.970. The highest BCUT2D eigenvalue weighted by molar-refractivity contribution is 7.91. The van der Waals surface area contributed by atoms with Crippen molar-refractivity contribution in [1.82, 2.24) is 9.97 Å². The van der Waals surface area contributed by atoms with E-state index in [9.17, 15) is 8.42 Å². The summed E-state index contributed by atoms with van der Waals surface area (Å²) in [5.41, 5.74) is 0.821. The van der Waals surface area contributed by atoms with Crippen molar-refractivity contribution in [3.05, 3.63) is 18.5 Å². The van der Waals surface area contributed by atoms with Gasteiger partial charge in [0.2, 0.25) is 15.0 Å². The SMILES string of the molecule is CC(C)CCC[C@@H](C)[C@H]1CC[C@H]2[C@@H]3CC[C@H]4C[C@H](S(=O)(=O)c5ncccn5)CC[C@]4(C)C3CC[C@]12C. The third-order valence-corrected chi connectivity index (χ3v) is 14.1. The summed E-state index contributed by atoms with van der Waals surface area (Å²) in [6.07, 6.45) is 18.0. The molecule has 0 saturated heterocycles. The van der Waals surface area contributed by atoms with Crippen LogP contribution in [0.3, 0.4) is 0 Å². The molecule has 5 heteroatoms. The number of sulfone groups is 1. The van der Waals surface area contributed by atoms with Crippen LogP contribution in [-0.2, 0) is 9.84 Å². The first-order valence-corrected chi connectivity index (χ1v) is 16.6. The van der Waals surface area contributed by atoms with Crippen LogP contribution in [0.25, 0.3) is 0 Å². The smallest absolute Gasteiger partial charge is 0.227 e. The van der Waals surface area contributed by atoms with E-state index in [1.54, 1.807) is 18.5 Å². The summed E-state index contributed by atoms with van der Waals surface area (Å²) in [4.78, 5) is 8.21. The van der Waals surface area contributed by atoms with Crippen LogP contribution in [0.2, 0.25) is 0 Å². The molecule has 4 aliphatic rings. The van der Waals surface area contributed by atoms with Crippen LogP contribution in [-0.4, -0.2) is 23.6 Å². The maximum absolute atomic E-state index is 13.3. The monoisotopic (exact) mass is 514 g/mol. The molecule has 0 radical (unpaired) electrons. The van der Waals surface area contributed by atoms with Crippen molar-refractivity contribution in [3.63, 3.8) is 0 Å². The van der Waals surface area contributed by atoms with Gasteiger partial charge in [0.25, 0.3) is 0 Å². The molecule has 0 N–H and O–H groups in total. The fourth-order valence-corrected chi connectivity index (χ4v) is 11.7. The van der Waals surface area contributed by atoms with Crippen LogP contribution >= 0.6 is 0 Å². The molecule has 1 aromatic heterocycles. The largest absolute Gasteiger partial charge is 0.247 e. The van der Waals surface area contributed by atoms with Gasteiger partial charge < -0.3 is 0 Å².